The lowest BCUT2D eigenvalue weighted by molar-refractivity contribution is 0.0456. The Labute approximate surface area is 112 Å². The van der Waals surface area contributed by atoms with Crippen molar-refractivity contribution in [1.82, 2.24) is 9.97 Å². The summed E-state index contributed by atoms with van der Waals surface area (Å²) in [5.74, 6) is 0.706. The number of hydrogen-bond donors (Lipinski definition) is 3. The fourth-order valence-corrected chi connectivity index (χ4v) is 1.96. The van der Waals surface area contributed by atoms with Crippen molar-refractivity contribution >= 4 is 22.4 Å². The van der Waals surface area contributed by atoms with Gasteiger partial charge in [0.25, 0.3) is 0 Å². The van der Waals surface area contributed by atoms with E-state index in [2.05, 4.69) is 15.3 Å². The first-order chi connectivity index (χ1) is 9.08. The van der Waals surface area contributed by atoms with E-state index in [0.29, 0.717) is 30.9 Å². The van der Waals surface area contributed by atoms with Crippen LogP contribution in [0.15, 0.2) is 24.5 Å². The molecule has 2 rings (SSSR count). The summed E-state index contributed by atoms with van der Waals surface area (Å²) in [5, 5.41) is 14.4. The average molecular weight is 260 g/mol. The van der Waals surface area contributed by atoms with Crippen molar-refractivity contribution in [2.45, 2.75) is 32.3 Å². The van der Waals surface area contributed by atoms with E-state index in [9.17, 15) is 5.11 Å². The summed E-state index contributed by atoms with van der Waals surface area (Å²) < 4.78 is 0. The first-order valence-electron chi connectivity index (χ1n) is 6.54. The largest absolute Gasteiger partial charge is 0.399 e. The maximum atomic E-state index is 10.3. The van der Waals surface area contributed by atoms with E-state index in [0.717, 1.165) is 10.9 Å². The second kappa shape index (κ2) is 5.40. The molecule has 0 bridgehead atoms. The number of nitrogen functional groups attached to an aromatic ring is 1. The van der Waals surface area contributed by atoms with E-state index in [1.165, 1.54) is 6.33 Å². The lowest BCUT2D eigenvalue weighted by atomic mass is 9.97. The van der Waals surface area contributed by atoms with Crippen LogP contribution in [-0.2, 0) is 0 Å². The van der Waals surface area contributed by atoms with Crippen LogP contribution in [0, 0.1) is 0 Å². The van der Waals surface area contributed by atoms with Crippen LogP contribution < -0.4 is 11.1 Å². The molecule has 0 saturated heterocycles. The van der Waals surface area contributed by atoms with Gasteiger partial charge in [-0.15, -0.1) is 0 Å². The van der Waals surface area contributed by atoms with Crippen molar-refractivity contribution in [3.8, 4) is 0 Å². The Morgan fingerprint density at radius 1 is 1.26 bits per heavy atom. The molecule has 1 aromatic carbocycles. The van der Waals surface area contributed by atoms with Crippen LogP contribution in [0.5, 0.6) is 0 Å². The number of aliphatic hydroxyl groups is 1. The number of aromatic nitrogens is 2. The molecular weight excluding hydrogens is 240 g/mol. The Hall–Kier alpha value is -1.88. The van der Waals surface area contributed by atoms with Gasteiger partial charge in [-0.2, -0.15) is 0 Å². The normalized spacial score (nSPS) is 11.7. The van der Waals surface area contributed by atoms with Gasteiger partial charge in [-0.05, 0) is 31.0 Å². The zero-order chi connectivity index (χ0) is 13.9. The molecule has 0 aliphatic rings. The number of nitrogens with two attached hydrogens (primary N) is 1. The fourth-order valence-electron chi connectivity index (χ4n) is 1.96. The monoisotopic (exact) mass is 260 g/mol. The first kappa shape index (κ1) is 13.5. The molecule has 0 fully saturated rings. The predicted octanol–water partition coefficient (Wildman–Crippen LogP) is 2.17. The quantitative estimate of drug-likeness (QED) is 0.717. The summed E-state index contributed by atoms with van der Waals surface area (Å²) in [6, 6.07) is 5.52. The highest BCUT2D eigenvalue weighted by molar-refractivity contribution is 5.91. The van der Waals surface area contributed by atoms with E-state index in [1.807, 2.05) is 32.0 Å². The molecule has 1 heterocycles. The summed E-state index contributed by atoms with van der Waals surface area (Å²) in [6.45, 7) is 4.41. The topological polar surface area (TPSA) is 84.1 Å². The smallest absolute Gasteiger partial charge is 0.137 e. The van der Waals surface area contributed by atoms with Gasteiger partial charge >= 0.3 is 0 Å². The minimum Gasteiger partial charge on any atom is -0.399 e. The molecule has 0 unspecified atom stereocenters. The Kier molecular flexibility index (Phi) is 3.85. The minimum absolute atomic E-state index is 0.459. The van der Waals surface area contributed by atoms with E-state index < -0.39 is 5.60 Å². The molecule has 0 aliphatic heterocycles. The highest BCUT2D eigenvalue weighted by Crippen LogP contribution is 2.23. The Morgan fingerprint density at radius 2 is 2.00 bits per heavy atom. The highest BCUT2D eigenvalue weighted by Gasteiger charge is 2.22. The molecule has 0 radical (unpaired) electrons. The van der Waals surface area contributed by atoms with Crippen LogP contribution in [0.3, 0.4) is 0 Å². The lowest BCUT2D eigenvalue weighted by Gasteiger charge is -2.25. The SMILES string of the molecule is CCC(O)(CC)CNc1ncnc2ccc(N)cc12. The van der Waals surface area contributed by atoms with Crippen molar-refractivity contribution in [2.24, 2.45) is 0 Å². The molecule has 0 amide bonds. The van der Waals surface area contributed by atoms with E-state index >= 15 is 0 Å². The lowest BCUT2D eigenvalue weighted by Crippen LogP contribution is -2.35. The number of anilines is 2. The number of nitrogens with zero attached hydrogens (tertiary/aromatic N) is 2. The zero-order valence-electron chi connectivity index (χ0n) is 11.3. The van der Waals surface area contributed by atoms with Crippen LogP contribution in [0.2, 0.25) is 0 Å². The van der Waals surface area contributed by atoms with Gasteiger partial charge in [0, 0.05) is 17.6 Å². The fraction of sp³-hybridized carbons (Fsp3) is 0.429. The summed E-state index contributed by atoms with van der Waals surface area (Å²) in [6.07, 6.45) is 2.90. The van der Waals surface area contributed by atoms with Crippen molar-refractivity contribution in [3.05, 3.63) is 24.5 Å². The molecule has 0 atom stereocenters. The summed E-state index contributed by atoms with van der Waals surface area (Å²) in [5.41, 5.74) is 6.59. The predicted molar refractivity (Wildman–Crippen MR) is 78.0 cm³/mol. The Balaban J connectivity index is 2.28. The van der Waals surface area contributed by atoms with Gasteiger partial charge in [0.1, 0.15) is 12.1 Å². The van der Waals surface area contributed by atoms with Crippen molar-refractivity contribution < 1.29 is 5.11 Å². The van der Waals surface area contributed by atoms with Crippen LogP contribution in [0.1, 0.15) is 26.7 Å². The summed E-state index contributed by atoms with van der Waals surface area (Å²) in [7, 11) is 0. The molecule has 0 aliphatic carbocycles. The van der Waals surface area contributed by atoms with Gasteiger partial charge < -0.3 is 16.2 Å². The molecule has 5 nitrogen and oxygen atoms in total. The van der Waals surface area contributed by atoms with Gasteiger partial charge in [-0.1, -0.05) is 13.8 Å². The number of fused-ring (bicyclic) bond motifs is 1. The molecule has 1 aromatic heterocycles. The first-order valence-corrected chi connectivity index (χ1v) is 6.54. The standard InChI is InChI=1S/C14H20N4O/c1-3-14(19,4-2)8-16-13-11-7-10(15)5-6-12(11)17-9-18-13/h5-7,9,19H,3-4,8,15H2,1-2H3,(H,16,17,18). The minimum atomic E-state index is -0.711. The van der Waals surface area contributed by atoms with Gasteiger partial charge in [-0.3, -0.25) is 0 Å². The second-order valence-corrected chi connectivity index (χ2v) is 4.78. The Morgan fingerprint density at radius 3 is 2.68 bits per heavy atom. The van der Waals surface area contributed by atoms with Crippen molar-refractivity contribution in [3.63, 3.8) is 0 Å². The molecule has 0 saturated carbocycles. The highest BCUT2D eigenvalue weighted by atomic mass is 16.3. The number of nitrogens with one attached hydrogen (secondary N) is 1. The zero-order valence-corrected chi connectivity index (χ0v) is 11.3. The van der Waals surface area contributed by atoms with Crippen LogP contribution in [0.4, 0.5) is 11.5 Å². The van der Waals surface area contributed by atoms with Crippen LogP contribution in [-0.4, -0.2) is 27.2 Å². The van der Waals surface area contributed by atoms with Crippen LogP contribution in [0.25, 0.3) is 10.9 Å². The summed E-state index contributed by atoms with van der Waals surface area (Å²) >= 11 is 0. The molecular formula is C14H20N4O. The van der Waals surface area contributed by atoms with Gasteiger partial charge in [0.2, 0.25) is 0 Å². The maximum absolute atomic E-state index is 10.3. The van der Waals surface area contributed by atoms with E-state index in [-0.39, 0.29) is 0 Å². The third-order valence-corrected chi connectivity index (χ3v) is 3.56. The van der Waals surface area contributed by atoms with E-state index in [1.54, 1.807) is 0 Å². The number of benzene rings is 1. The second-order valence-electron chi connectivity index (χ2n) is 4.78. The molecule has 0 spiro atoms. The molecule has 2 aromatic rings. The van der Waals surface area contributed by atoms with Gasteiger partial charge in [0.15, 0.2) is 0 Å². The molecule has 4 N–H and O–H groups in total. The van der Waals surface area contributed by atoms with E-state index in [4.69, 9.17) is 5.73 Å². The Bertz CT molecular complexity index is 566. The molecule has 19 heavy (non-hydrogen) atoms. The molecule has 102 valence electrons. The average Bonchev–Trinajstić information content (AvgIpc) is 2.44. The third-order valence-electron chi connectivity index (χ3n) is 3.56. The third kappa shape index (κ3) is 2.93. The van der Waals surface area contributed by atoms with Gasteiger partial charge in [0.05, 0.1) is 11.1 Å². The number of hydrogen-bond acceptors (Lipinski definition) is 5. The van der Waals surface area contributed by atoms with Crippen molar-refractivity contribution in [1.29, 1.82) is 0 Å². The van der Waals surface area contributed by atoms with Crippen molar-refractivity contribution in [2.75, 3.05) is 17.6 Å². The summed E-state index contributed by atoms with van der Waals surface area (Å²) in [4.78, 5) is 8.43. The number of rotatable bonds is 5. The van der Waals surface area contributed by atoms with Crippen LogP contribution >= 0.6 is 0 Å². The molecule has 5 heteroatoms. The maximum Gasteiger partial charge on any atom is 0.137 e. The van der Waals surface area contributed by atoms with Gasteiger partial charge in [-0.25, -0.2) is 9.97 Å².